The molecule has 1 amide bonds. The lowest BCUT2D eigenvalue weighted by Crippen LogP contribution is -2.22. The number of aromatic nitrogens is 2. The number of fused-ring (bicyclic) bond motifs is 1. The maximum absolute atomic E-state index is 13.0. The highest BCUT2D eigenvalue weighted by Crippen LogP contribution is 2.23. The second-order valence-electron chi connectivity index (χ2n) is 6.48. The maximum Gasteiger partial charge on any atom is 0.251 e. The van der Waals surface area contributed by atoms with Gasteiger partial charge in [0.1, 0.15) is 11.6 Å². The molecule has 0 aliphatic rings. The van der Waals surface area contributed by atoms with E-state index in [1.807, 2.05) is 37.3 Å². The summed E-state index contributed by atoms with van der Waals surface area (Å²) in [7, 11) is 0. The Kier molecular flexibility index (Phi) is 4.96. The van der Waals surface area contributed by atoms with E-state index in [0.717, 1.165) is 32.6 Å². The van der Waals surface area contributed by atoms with Crippen LogP contribution in [0.25, 0.3) is 16.7 Å². The predicted molar refractivity (Wildman–Crippen MR) is 111 cm³/mol. The van der Waals surface area contributed by atoms with E-state index in [1.54, 1.807) is 24.3 Å². The van der Waals surface area contributed by atoms with Crippen LogP contribution >= 0.6 is 15.9 Å². The molecule has 0 fully saturated rings. The van der Waals surface area contributed by atoms with Crippen LogP contribution in [0.1, 0.15) is 21.7 Å². The Labute approximate surface area is 170 Å². The molecule has 4 nitrogen and oxygen atoms in total. The summed E-state index contributed by atoms with van der Waals surface area (Å²) in [6, 6.07) is 19.6. The van der Waals surface area contributed by atoms with Crippen molar-refractivity contribution in [1.29, 1.82) is 0 Å². The normalized spacial score (nSPS) is 11.0. The molecule has 6 heteroatoms. The molecule has 1 aromatic heterocycles. The Balaban J connectivity index is 1.58. The van der Waals surface area contributed by atoms with Gasteiger partial charge in [-0.1, -0.05) is 28.1 Å². The summed E-state index contributed by atoms with van der Waals surface area (Å²) in [6.45, 7) is 2.28. The fraction of sp³-hybridized carbons (Fsp3) is 0.0909. The van der Waals surface area contributed by atoms with Crippen molar-refractivity contribution in [3.05, 3.63) is 94.0 Å². The van der Waals surface area contributed by atoms with Crippen molar-refractivity contribution in [3.8, 4) is 5.69 Å². The quantitative estimate of drug-likeness (QED) is 0.478. The van der Waals surface area contributed by atoms with Gasteiger partial charge in [-0.2, -0.15) is 0 Å². The summed E-state index contributed by atoms with van der Waals surface area (Å²) in [5.74, 6) is 0.362. The molecular weight excluding hydrogens is 421 g/mol. The molecule has 4 aromatic rings. The summed E-state index contributed by atoms with van der Waals surface area (Å²) < 4.78 is 16.0. The van der Waals surface area contributed by atoms with Gasteiger partial charge in [-0.05, 0) is 67.1 Å². The summed E-state index contributed by atoms with van der Waals surface area (Å²) in [5, 5.41) is 2.86. The van der Waals surface area contributed by atoms with Crippen LogP contribution in [-0.2, 0) is 6.54 Å². The minimum absolute atomic E-state index is 0.193. The second-order valence-corrected chi connectivity index (χ2v) is 7.40. The molecule has 0 radical (unpaired) electrons. The van der Waals surface area contributed by atoms with Gasteiger partial charge >= 0.3 is 0 Å². The summed E-state index contributed by atoms with van der Waals surface area (Å²) in [5.41, 5.74) is 4.09. The number of amides is 1. The molecule has 1 N–H and O–H groups in total. The van der Waals surface area contributed by atoms with Crippen molar-refractivity contribution < 1.29 is 9.18 Å². The van der Waals surface area contributed by atoms with Crippen molar-refractivity contribution >= 4 is 32.9 Å². The highest BCUT2D eigenvalue weighted by atomic mass is 79.9. The van der Waals surface area contributed by atoms with Crippen molar-refractivity contribution in [3.63, 3.8) is 0 Å². The maximum atomic E-state index is 13.0. The highest BCUT2D eigenvalue weighted by molar-refractivity contribution is 9.10. The highest BCUT2D eigenvalue weighted by Gasteiger charge is 2.13. The smallest absolute Gasteiger partial charge is 0.251 e. The number of carbonyl (C=O) groups excluding carboxylic acids is 1. The zero-order valence-corrected chi connectivity index (χ0v) is 16.7. The molecule has 0 saturated heterocycles. The number of hydrogen-bond acceptors (Lipinski definition) is 2. The minimum atomic E-state index is -0.294. The average molecular weight is 438 g/mol. The number of benzene rings is 3. The van der Waals surface area contributed by atoms with Crippen molar-refractivity contribution in [2.75, 3.05) is 0 Å². The van der Waals surface area contributed by atoms with Gasteiger partial charge in [-0.25, -0.2) is 9.37 Å². The summed E-state index contributed by atoms with van der Waals surface area (Å²) in [6.07, 6.45) is 0. The van der Waals surface area contributed by atoms with Crippen LogP contribution in [0.5, 0.6) is 0 Å². The van der Waals surface area contributed by atoms with E-state index >= 15 is 0 Å². The SMILES string of the molecule is Cc1nc2cc(C(=O)NCc3ccc(F)cc3)ccc2n1-c1ccc(Br)cc1. The fourth-order valence-electron chi connectivity index (χ4n) is 3.14. The van der Waals surface area contributed by atoms with Crippen LogP contribution in [-0.4, -0.2) is 15.5 Å². The van der Waals surface area contributed by atoms with Gasteiger partial charge in [0.2, 0.25) is 0 Å². The standard InChI is InChI=1S/C22H17BrFN3O/c1-14-26-20-12-16(22(28)25-13-15-2-7-18(24)8-3-15)4-11-21(20)27(14)19-9-5-17(23)6-10-19/h2-12H,13H2,1H3,(H,25,28). The van der Waals surface area contributed by atoms with Gasteiger partial charge in [-0.3, -0.25) is 9.36 Å². The lowest BCUT2D eigenvalue weighted by atomic mass is 10.1. The number of nitrogens with zero attached hydrogens (tertiary/aromatic N) is 2. The Morgan fingerprint density at radius 3 is 2.50 bits per heavy atom. The van der Waals surface area contributed by atoms with Crippen LogP contribution in [0.4, 0.5) is 4.39 Å². The van der Waals surface area contributed by atoms with Gasteiger partial charge in [0.05, 0.1) is 11.0 Å². The molecule has 3 aromatic carbocycles. The molecule has 0 bridgehead atoms. The van der Waals surface area contributed by atoms with Crippen LogP contribution in [0.3, 0.4) is 0 Å². The first kappa shape index (κ1) is 18.4. The molecule has 140 valence electrons. The summed E-state index contributed by atoms with van der Waals surface area (Å²) in [4.78, 5) is 17.1. The number of hydrogen-bond donors (Lipinski definition) is 1. The molecule has 0 saturated carbocycles. The summed E-state index contributed by atoms with van der Waals surface area (Å²) >= 11 is 3.45. The number of rotatable bonds is 4. The Hall–Kier alpha value is -2.99. The van der Waals surface area contributed by atoms with Gasteiger partial charge < -0.3 is 5.32 Å². The number of imidazole rings is 1. The van der Waals surface area contributed by atoms with E-state index in [4.69, 9.17) is 0 Å². The zero-order chi connectivity index (χ0) is 19.7. The molecule has 0 aliphatic heterocycles. The van der Waals surface area contributed by atoms with E-state index in [-0.39, 0.29) is 11.7 Å². The van der Waals surface area contributed by atoms with E-state index in [0.29, 0.717) is 12.1 Å². The molecule has 4 rings (SSSR count). The van der Waals surface area contributed by atoms with Crippen molar-refractivity contribution in [2.45, 2.75) is 13.5 Å². The van der Waals surface area contributed by atoms with Crippen molar-refractivity contribution in [1.82, 2.24) is 14.9 Å². The van der Waals surface area contributed by atoms with Crippen molar-refractivity contribution in [2.24, 2.45) is 0 Å². The van der Waals surface area contributed by atoms with Crippen LogP contribution in [0, 0.1) is 12.7 Å². The number of carbonyl (C=O) groups is 1. The molecule has 1 heterocycles. The Morgan fingerprint density at radius 2 is 1.79 bits per heavy atom. The van der Waals surface area contributed by atoms with Crippen LogP contribution < -0.4 is 5.32 Å². The number of nitrogens with one attached hydrogen (secondary N) is 1. The molecule has 28 heavy (non-hydrogen) atoms. The largest absolute Gasteiger partial charge is 0.348 e. The van der Waals surface area contributed by atoms with E-state index in [2.05, 4.69) is 30.8 Å². The first-order valence-electron chi connectivity index (χ1n) is 8.79. The van der Waals surface area contributed by atoms with E-state index in [9.17, 15) is 9.18 Å². The number of aryl methyl sites for hydroxylation is 1. The minimum Gasteiger partial charge on any atom is -0.348 e. The van der Waals surface area contributed by atoms with Gasteiger partial charge in [0, 0.05) is 22.3 Å². The third-order valence-electron chi connectivity index (χ3n) is 4.54. The third kappa shape index (κ3) is 3.68. The Morgan fingerprint density at radius 1 is 1.07 bits per heavy atom. The first-order chi connectivity index (χ1) is 13.5. The van der Waals surface area contributed by atoms with Gasteiger partial charge in [-0.15, -0.1) is 0 Å². The predicted octanol–water partition coefficient (Wildman–Crippen LogP) is 5.17. The topological polar surface area (TPSA) is 46.9 Å². The molecule has 0 atom stereocenters. The first-order valence-corrected chi connectivity index (χ1v) is 9.58. The lowest BCUT2D eigenvalue weighted by molar-refractivity contribution is 0.0951. The van der Waals surface area contributed by atoms with E-state index in [1.165, 1.54) is 12.1 Å². The molecular formula is C22H17BrFN3O. The van der Waals surface area contributed by atoms with E-state index < -0.39 is 0 Å². The fourth-order valence-corrected chi connectivity index (χ4v) is 3.41. The van der Waals surface area contributed by atoms with Crippen LogP contribution in [0.2, 0.25) is 0 Å². The zero-order valence-electron chi connectivity index (χ0n) is 15.1. The lowest BCUT2D eigenvalue weighted by Gasteiger charge is -2.08. The number of halogens is 2. The average Bonchev–Trinajstić information content (AvgIpc) is 3.03. The monoisotopic (exact) mass is 437 g/mol. The molecule has 0 spiro atoms. The Bertz CT molecular complexity index is 1150. The second kappa shape index (κ2) is 7.56. The third-order valence-corrected chi connectivity index (χ3v) is 5.06. The van der Waals surface area contributed by atoms with Crippen LogP contribution in [0.15, 0.2) is 71.2 Å². The van der Waals surface area contributed by atoms with Gasteiger partial charge in [0.25, 0.3) is 5.91 Å². The van der Waals surface area contributed by atoms with Gasteiger partial charge in [0.15, 0.2) is 0 Å². The molecule has 0 unspecified atom stereocenters. The molecule has 0 aliphatic carbocycles.